The minimum atomic E-state index is -0.868. The molecule has 1 heterocycles. The maximum absolute atomic E-state index is 10.8. The zero-order valence-corrected chi connectivity index (χ0v) is 7.75. The molecule has 0 radical (unpaired) electrons. The first-order chi connectivity index (χ1) is 6.29. The summed E-state index contributed by atoms with van der Waals surface area (Å²) in [4.78, 5) is 13.3. The van der Waals surface area contributed by atoms with Crippen molar-refractivity contribution in [3.8, 4) is 0 Å². The Labute approximate surface area is 80.4 Å². The second-order valence-electron chi connectivity index (χ2n) is 2.75. The molecule has 0 fully saturated rings. The predicted octanol–water partition coefficient (Wildman–Crippen LogP) is 2.28. The third-order valence-electron chi connectivity index (χ3n) is 1.96. The van der Waals surface area contributed by atoms with Gasteiger partial charge in [0.05, 0.1) is 5.69 Å². The number of carboxylic acid groups (broad SMARTS) is 1. The summed E-state index contributed by atoms with van der Waals surface area (Å²) in [6.07, 6.45) is -0.868. The molecule has 68 valence electrons. The van der Waals surface area contributed by atoms with Crippen molar-refractivity contribution in [2.24, 2.45) is 0 Å². The minimum absolute atomic E-state index is 0.580. The van der Waals surface area contributed by atoms with E-state index in [-0.39, 0.29) is 0 Å². The maximum Gasteiger partial charge on any atom is 0.411 e. The highest BCUT2D eigenvalue weighted by Gasteiger charge is 2.21. The number of hydrogen-bond donors (Lipinski definition) is 1. The molecule has 1 aromatic rings. The fourth-order valence-electron chi connectivity index (χ4n) is 1.37. The van der Waals surface area contributed by atoms with Crippen LogP contribution in [0.4, 0.5) is 10.5 Å². The minimum Gasteiger partial charge on any atom is -0.465 e. The SMILES string of the molecule is O=C(O)N1CCSc2ccccc21. The van der Waals surface area contributed by atoms with Gasteiger partial charge in [0.2, 0.25) is 0 Å². The Morgan fingerprint density at radius 1 is 1.46 bits per heavy atom. The van der Waals surface area contributed by atoms with Crippen LogP contribution in [-0.2, 0) is 0 Å². The highest BCUT2D eigenvalue weighted by molar-refractivity contribution is 7.99. The van der Waals surface area contributed by atoms with Gasteiger partial charge in [0.25, 0.3) is 0 Å². The van der Waals surface area contributed by atoms with E-state index < -0.39 is 6.09 Å². The van der Waals surface area contributed by atoms with E-state index in [1.165, 1.54) is 4.90 Å². The maximum atomic E-state index is 10.8. The fraction of sp³-hybridized carbons (Fsp3) is 0.222. The summed E-state index contributed by atoms with van der Waals surface area (Å²) in [6.45, 7) is 0.580. The Balaban J connectivity index is 2.42. The van der Waals surface area contributed by atoms with E-state index in [1.54, 1.807) is 11.8 Å². The number of carbonyl (C=O) groups is 1. The van der Waals surface area contributed by atoms with Crippen molar-refractivity contribution in [3.63, 3.8) is 0 Å². The number of hydrogen-bond acceptors (Lipinski definition) is 2. The van der Waals surface area contributed by atoms with Crippen LogP contribution < -0.4 is 4.90 Å². The number of anilines is 1. The standard InChI is InChI=1S/C9H9NO2S/c11-9(12)10-5-6-13-8-4-2-1-3-7(8)10/h1-4H,5-6H2,(H,11,12). The Bertz CT molecular complexity index is 340. The van der Waals surface area contributed by atoms with Gasteiger partial charge in [-0.15, -0.1) is 11.8 Å². The van der Waals surface area contributed by atoms with E-state index in [2.05, 4.69) is 0 Å². The molecule has 2 rings (SSSR count). The molecule has 1 N–H and O–H groups in total. The summed E-state index contributed by atoms with van der Waals surface area (Å²) in [5.41, 5.74) is 0.811. The highest BCUT2D eigenvalue weighted by Crippen LogP contribution is 2.33. The lowest BCUT2D eigenvalue weighted by molar-refractivity contribution is 0.202. The van der Waals surface area contributed by atoms with E-state index in [9.17, 15) is 4.79 Å². The predicted molar refractivity (Wildman–Crippen MR) is 52.5 cm³/mol. The van der Waals surface area contributed by atoms with Gasteiger partial charge in [-0.05, 0) is 12.1 Å². The zero-order chi connectivity index (χ0) is 9.26. The van der Waals surface area contributed by atoms with Crippen LogP contribution in [0, 0.1) is 0 Å². The first kappa shape index (κ1) is 8.44. The van der Waals surface area contributed by atoms with E-state index >= 15 is 0 Å². The van der Waals surface area contributed by atoms with Gasteiger partial charge in [-0.2, -0.15) is 0 Å². The Morgan fingerprint density at radius 2 is 2.23 bits per heavy atom. The van der Waals surface area contributed by atoms with E-state index in [1.807, 2.05) is 24.3 Å². The molecule has 1 aliphatic heterocycles. The van der Waals surface area contributed by atoms with Crippen LogP contribution in [0.2, 0.25) is 0 Å². The van der Waals surface area contributed by atoms with Gasteiger partial charge < -0.3 is 5.11 Å². The zero-order valence-electron chi connectivity index (χ0n) is 6.93. The number of fused-ring (bicyclic) bond motifs is 1. The molecule has 13 heavy (non-hydrogen) atoms. The summed E-state index contributed by atoms with van der Waals surface area (Å²) < 4.78 is 0. The van der Waals surface area contributed by atoms with Gasteiger partial charge in [0.15, 0.2) is 0 Å². The first-order valence-corrected chi connectivity index (χ1v) is 5.00. The van der Waals surface area contributed by atoms with Crippen molar-refractivity contribution in [2.45, 2.75) is 4.90 Å². The van der Waals surface area contributed by atoms with Gasteiger partial charge in [-0.3, -0.25) is 4.90 Å². The molecule has 4 heteroatoms. The third-order valence-corrected chi connectivity index (χ3v) is 3.00. The smallest absolute Gasteiger partial charge is 0.411 e. The fourth-order valence-corrected chi connectivity index (χ4v) is 2.36. The average Bonchev–Trinajstić information content (AvgIpc) is 2.17. The van der Waals surface area contributed by atoms with Crippen LogP contribution in [-0.4, -0.2) is 23.5 Å². The van der Waals surface area contributed by atoms with E-state index in [0.29, 0.717) is 6.54 Å². The van der Waals surface area contributed by atoms with E-state index in [4.69, 9.17) is 5.11 Å². The second-order valence-corrected chi connectivity index (χ2v) is 3.89. The van der Waals surface area contributed by atoms with Crippen molar-refractivity contribution < 1.29 is 9.90 Å². The Morgan fingerprint density at radius 3 is 3.00 bits per heavy atom. The molecule has 0 saturated heterocycles. The molecule has 1 aromatic carbocycles. The largest absolute Gasteiger partial charge is 0.465 e. The van der Waals surface area contributed by atoms with Crippen molar-refractivity contribution in [1.82, 2.24) is 0 Å². The highest BCUT2D eigenvalue weighted by atomic mass is 32.2. The molecule has 0 bridgehead atoms. The first-order valence-electron chi connectivity index (χ1n) is 4.01. The van der Waals surface area contributed by atoms with Crippen molar-refractivity contribution in [2.75, 3.05) is 17.2 Å². The number of nitrogens with zero attached hydrogens (tertiary/aromatic N) is 1. The quantitative estimate of drug-likeness (QED) is 0.690. The summed E-state index contributed by atoms with van der Waals surface area (Å²) in [5, 5.41) is 8.90. The molecule has 0 spiro atoms. The van der Waals surface area contributed by atoms with Gasteiger partial charge in [-0.1, -0.05) is 12.1 Å². The number of para-hydroxylation sites is 1. The van der Waals surface area contributed by atoms with Crippen LogP contribution >= 0.6 is 11.8 Å². The summed E-state index contributed by atoms with van der Waals surface area (Å²) in [6, 6.07) is 7.59. The van der Waals surface area contributed by atoms with Crippen LogP contribution in [0.15, 0.2) is 29.2 Å². The van der Waals surface area contributed by atoms with Crippen LogP contribution in [0.1, 0.15) is 0 Å². The molecular formula is C9H9NO2S. The third kappa shape index (κ3) is 1.49. The summed E-state index contributed by atoms with van der Waals surface area (Å²) in [5.74, 6) is 0.837. The summed E-state index contributed by atoms with van der Waals surface area (Å²) >= 11 is 1.70. The average molecular weight is 195 g/mol. The lowest BCUT2D eigenvalue weighted by Crippen LogP contribution is -2.33. The summed E-state index contributed by atoms with van der Waals surface area (Å²) in [7, 11) is 0. The van der Waals surface area contributed by atoms with Crippen molar-refractivity contribution in [3.05, 3.63) is 24.3 Å². The molecule has 1 amide bonds. The molecule has 0 saturated carbocycles. The molecule has 0 unspecified atom stereocenters. The number of amides is 1. The van der Waals surface area contributed by atoms with Crippen LogP contribution in [0.5, 0.6) is 0 Å². The molecule has 0 aliphatic carbocycles. The molecule has 1 aliphatic rings. The molecular weight excluding hydrogens is 186 g/mol. The topological polar surface area (TPSA) is 40.5 Å². The normalized spacial score (nSPS) is 15.2. The molecule has 0 aromatic heterocycles. The number of thioether (sulfide) groups is 1. The number of benzene rings is 1. The molecule has 0 atom stereocenters. The lowest BCUT2D eigenvalue weighted by atomic mass is 10.3. The second kappa shape index (κ2) is 3.30. The van der Waals surface area contributed by atoms with Gasteiger partial charge >= 0.3 is 6.09 Å². The Hall–Kier alpha value is -1.16. The molecule has 3 nitrogen and oxygen atoms in total. The van der Waals surface area contributed by atoms with Crippen molar-refractivity contribution >= 4 is 23.5 Å². The lowest BCUT2D eigenvalue weighted by Gasteiger charge is -2.25. The number of rotatable bonds is 0. The van der Waals surface area contributed by atoms with E-state index in [0.717, 1.165) is 16.3 Å². The Kier molecular flexibility index (Phi) is 2.14. The van der Waals surface area contributed by atoms with Gasteiger partial charge in [0.1, 0.15) is 0 Å². The van der Waals surface area contributed by atoms with Crippen LogP contribution in [0.3, 0.4) is 0 Å². The van der Waals surface area contributed by atoms with Crippen molar-refractivity contribution in [1.29, 1.82) is 0 Å². The monoisotopic (exact) mass is 195 g/mol. The van der Waals surface area contributed by atoms with Crippen LogP contribution in [0.25, 0.3) is 0 Å². The van der Waals surface area contributed by atoms with Gasteiger partial charge in [-0.25, -0.2) is 4.79 Å². The van der Waals surface area contributed by atoms with Gasteiger partial charge in [0, 0.05) is 17.2 Å².